The van der Waals surface area contributed by atoms with E-state index < -0.39 is 0 Å². The second kappa shape index (κ2) is 13.5. The summed E-state index contributed by atoms with van der Waals surface area (Å²) in [4.78, 5) is 31.2. The summed E-state index contributed by atoms with van der Waals surface area (Å²) in [6.07, 6.45) is 1.79. The lowest BCUT2D eigenvalue weighted by Crippen LogP contribution is -2.43. The van der Waals surface area contributed by atoms with Crippen molar-refractivity contribution in [1.29, 1.82) is 0 Å². The van der Waals surface area contributed by atoms with Gasteiger partial charge in [-0.15, -0.1) is 0 Å². The Hall–Kier alpha value is -5.13. The number of para-hydroxylation sites is 1. The molecule has 0 amide bonds. The van der Waals surface area contributed by atoms with Crippen LogP contribution < -0.4 is 30.6 Å². The van der Waals surface area contributed by atoms with Crippen molar-refractivity contribution in [3.05, 3.63) is 100.0 Å². The van der Waals surface area contributed by atoms with Crippen LogP contribution in [0.4, 0.5) is 23.0 Å². The predicted octanol–water partition coefficient (Wildman–Crippen LogP) is 5.03. The summed E-state index contributed by atoms with van der Waals surface area (Å²) < 4.78 is 12.7. The number of rotatable bonds is 9. The minimum Gasteiger partial charge on any atom is -0.497 e. The summed E-state index contributed by atoms with van der Waals surface area (Å²) in [5.41, 5.74) is 7.07. The molecule has 4 heterocycles. The van der Waals surface area contributed by atoms with E-state index in [1.54, 1.807) is 25.0 Å². The van der Waals surface area contributed by atoms with Crippen molar-refractivity contribution in [2.24, 2.45) is 0 Å². The average Bonchev–Trinajstić information content (AvgIpc) is 3.12. The molecule has 0 bridgehead atoms. The molecule has 2 N–H and O–H groups in total. The summed E-state index contributed by atoms with van der Waals surface area (Å²) in [7, 11) is 5.43. The number of aryl methyl sites for hydroxylation is 1. The first-order valence-corrected chi connectivity index (χ1v) is 16.4. The Morgan fingerprint density at radius 1 is 0.917 bits per heavy atom. The smallest absolute Gasteiger partial charge is 0.280 e. The van der Waals surface area contributed by atoms with Crippen molar-refractivity contribution in [2.45, 2.75) is 20.0 Å². The van der Waals surface area contributed by atoms with Gasteiger partial charge in [0, 0.05) is 75.6 Å². The number of likely N-dealkylation sites (N-methyl/N-ethyl adjacent to an activating group) is 1. The molecule has 3 aromatic carbocycles. The maximum absolute atomic E-state index is 14.6. The van der Waals surface area contributed by atoms with Gasteiger partial charge in [0.15, 0.2) is 5.65 Å². The Balaban J connectivity index is 1.28. The molecule has 2 aromatic heterocycles. The van der Waals surface area contributed by atoms with Gasteiger partial charge in [-0.1, -0.05) is 24.3 Å². The summed E-state index contributed by atoms with van der Waals surface area (Å²) in [6, 6.07) is 22.1. The van der Waals surface area contributed by atoms with Gasteiger partial charge in [-0.25, -0.2) is 4.98 Å². The van der Waals surface area contributed by atoms with Crippen LogP contribution in [0.5, 0.6) is 11.5 Å². The van der Waals surface area contributed by atoms with E-state index in [1.165, 1.54) is 5.56 Å². The maximum Gasteiger partial charge on any atom is 0.280 e. The van der Waals surface area contributed by atoms with Crippen molar-refractivity contribution < 1.29 is 9.47 Å². The van der Waals surface area contributed by atoms with Crippen LogP contribution in [0, 0.1) is 6.92 Å². The topological polar surface area (TPSA) is 100 Å². The Kier molecular flexibility index (Phi) is 8.88. The molecule has 0 spiro atoms. The van der Waals surface area contributed by atoms with E-state index in [4.69, 9.17) is 14.5 Å². The number of benzene rings is 3. The number of ether oxygens (including phenoxy) is 2. The number of hydrogen-bond donors (Lipinski definition) is 2. The monoisotopic (exact) mass is 646 g/mol. The molecule has 2 aliphatic heterocycles. The lowest BCUT2D eigenvalue weighted by molar-refractivity contribution is 0.148. The molecule has 5 aromatic rings. The molecule has 0 unspecified atom stereocenters. The number of piperazine rings is 1. The van der Waals surface area contributed by atoms with E-state index in [1.807, 2.05) is 42.5 Å². The summed E-state index contributed by atoms with van der Waals surface area (Å²) in [5, 5.41) is 7.62. The van der Waals surface area contributed by atoms with E-state index in [-0.39, 0.29) is 5.56 Å². The van der Waals surface area contributed by atoms with Gasteiger partial charge in [-0.05, 0) is 61.5 Å². The first-order chi connectivity index (χ1) is 23.4. The number of methoxy groups -OCH3 is 2. The Bertz CT molecular complexity index is 1990. The summed E-state index contributed by atoms with van der Waals surface area (Å²) in [5.74, 6) is 1.83. The Morgan fingerprint density at radius 2 is 1.73 bits per heavy atom. The van der Waals surface area contributed by atoms with Gasteiger partial charge in [-0.2, -0.15) is 4.98 Å². The highest BCUT2D eigenvalue weighted by Crippen LogP contribution is 2.36. The average molecular weight is 647 g/mol. The molecule has 248 valence electrons. The third-order valence-electron chi connectivity index (χ3n) is 9.32. The van der Waals surface area contributed by atoms with Crippen molar-refractivity contribution >= 4 is 34.0 Å². The highest BCUT2D eigenvalue weighted by atomic mass is 16.5. The molecular weight excluding hydrogens is 604 g/mol. The number of nitrogens with zero attached hydrogens (tertiary/aromatic N) is 6. The minimum atomic E-state index is -0.134. The molecule has 7 rings (SSSR count). The molecule has 0 radical (unpaired) electrons. The van der Waals surface area contributed by atoms with Crippen LogP contribution in [0.1, 0.15) is 16.7 Å². The standard InChI is InChI=1S/C37H42N8O3/c1-25-6-5-7-31-34(25)38-14-15-44(31)32-20-28-23-40-37(39-22-27-10-13-30(47-3)21-33(27)48-4)41-35(28)45(36(32)46)29-11-8-26(9-12-29)24-43-18-16-42(2)17-19-43/h5-13,20-21,23,38H,14-19,22,24H2,1-4H3,(H,39,40,41). The van der Waals surface area contributed by atoms with E-state index in [9.17, 15) is 4.79 Å². The van der Waals surface area contributed by atoms with Gasteiger partial charge < -0.3 is 29.9 Å². The van der Waals surface area contributed by atoms with Crippen LogP contribution in [0.3, 0.4) is 0 Å². The van der Waals surface area contributed by atoms with Gasteiger partial charge in [0.05, 0.1) is 31.3 Å². The zero-order valence-electron chi connectivity index (χ0n) is 28.0. The molecule has 1 fully saturated rings. The quantitative estimate of drug-likeness (QED) is 0.227. The van der Waals surface area contributed by atoms with Gasteiger partial charge >= 0.3 is 0 Å². The van der Waals surface area contributed by atoms with Crippen molar-refractivity contribution in [3.8, 4) is 17.2 Å². The molecular formula is C37H42N8O3. The predicted molar refractivity (Wildman–Crippen MR) is 191 cm³/mol. The van der Waals surface area contributed by atoms with Gasteiger partial charge in [0.1, 0.15) is 17.2 Å². The third kappa shape index (κ3) is 6.26. The fourth-order valence-corrected chi connectivity index (χ4v) is 6.56. The van der Waals surface area contributed by atoms with E-state index in [0.717, 1.165) is 72.8 Å². The fourth-order valence-electron chi connectivity index (χ4n) is 6.56. The van der Waals surface area contributed by atoms with Crippen molar-refractivity contribution in [1.82, 2.24) is 24.3 Å². The largest absolute Gasteiger partial charge is 0.497 e. The Labute approximate surface area is 280 Å². The molecule has 0 aliphatic carbocycles. The van der Waals surface area contributed by atoms with Crippen molar-refractivity contribution in [3.63, 3.8) is 0 Å². The summed E-state index contributed by atoms with van der Waals surface area (Å²) >= 11 is 0. The van der Waals surface area contributed by atoms with Crippen LogP contribution >= 0.6 is 0 Å². The SMILES string of the molecule is COc1ccc(CNc2ncc3cc(N4CCNc5c(C)cccc54)c(=O)n(-c4ccc(CN5CCN(C)CC5)cc4)c3n2)c(OC)c1. The van der Waals surface area contributed by atoms with Crippen LogP contribution in [0.25, 0.3) is 16.7 Å². The first kappa shape index (κ1) is 31.5. The minimum absolute atomic E-state index is 0.134. The zero-order chi connectivity index (χ0) is 33.2. The van der Waals surface area contributed by atoms with Crippen LogP contribution in [-0.2, 0) is 13.1 Å². The normalized spacial score (nSPS) is 15.2. The number of pyridine rings is 1. The van der Waals surface area contributed by atoms with Crippen LogP contribution in [0.2, 0.25) is 0 Å². The lowest BCUT2D eigenvalue weighted by atomic mass is 10.1. The third-order valence-corrected chi connectivity index (χ3v) is 9.32. The fraction of sp³-hybridized carbons (Fsp3) is 0.324. The molecule has 11 heteroatoms. The molecule has 48 heavy (non-hydrogen) atoms. The van der Waals surface area contributed by atoms with Crippen molar-refractivity contribution in [2.75, 3.05) is 76.1 Å². The summed E-state index contributed by atoms with van der Waals surface area (Å²) in [6.45, 7) is 9.02. The lowest BCUT2D eigenvalue weighted by Gasteiger charge is -2.33. The van der Waals surface area contributed by atoms with Crippen LogP contribution in [-0.4, -0.2) is 84.9 Å². The highest BCUT2D eigenvalue weighted by Gasteiger charge is 2.24. The molecule has 0 atom stereocenters. The number of nitrogens with one attached hydrogen (secondary N) is 2. The Morgan fingerprint density at radius 3 is 2.50 bits per heavy atom. The van der Waals surface area contributed by atoms with Gasteiger partial charge in [0.25, 0.3) is 5.56 Å². The van der Waals surface area contributed by atoms with Gasteiger partial charge in [-0.3, -0.25) is 14.3 Å². The van der Waals surface area contributed by atoms with E-state index in [2.05, 4.69) is 68.6 Å². The van der Waals surface area contributed by atoms with E-state index >= 15 is 0 Å². The second-order valence-corrected chi connectivity index (χ2v) is 12.5. The maximum atomic E-state index is 14.6. The van der Waals surface area contributed by atoms with E-state index in [0.29, 0.717) is 41.9 Å². The number of aromatic nitrogens is 3. The zero-order valence-corrected chi connectivity index (χ0v) is 28.0. The van der Waals surface area contributed by atoms with Gasteiger partial charge in [0.2, 0.25) is 5.95 Å². The molecule has 11 nitrogen and oxygen atoms in total. The first-order valence-electron chi connectivity index (χ1n) is 16.4. The van der Waals surface area contributed by atoms with Crippen LogP contribution in [0.15, 0.2) is 77.7 Å². The molecule has 1 saturated heterocycles. The molecule has 0 saturated carbocycles. The number of fused-ring (bicyclic) bond motifs is 2. The molecule has 2 aliphatic rings. The highest BCUT2D eigenvalue weighted by molar-refractivity contribution is 5.86. The number of hydrogen-bond acceptors (Lipinski definition) is 10. The second-order valence-electron chi connectivity index (χ2n) is 12.5. The number of anilines is 4.